The van der Waals surface area contributed by atoms with Gasteiger partial charge >= 0.3 is 0 Å². The van der Waals surface area contributed by atoms with Crippen LogP contribution in [-0.4, -0.2) is 53.1 Å². The first-order chi connectivity index (χ1) is 12.3. The summed E-state index contributed by atoms with van der Waals surface area (Å²) in [7, 11) is 1.75. The van der Waals surface area contributed by atoms with Crippen LogP contribution in [0.3, 0.4) is 0 Å². The van der Waals surface area contributed by atoms with Crippen molar-refractivity contribution >= 4 is 16.9 Å². The Morgan fingerprint density at radius 2 is 1.92 bits per heavy atom. The summed E-state index contributed by atoms with van der Waals surface area (Å²) in [5, 5.41) is 1.26. The van der Waals surface area contributed by atoms with E-state index in [1.54, 1.807) is 19.5 Å². The van der Waals surface area contributed by atoms with Gasteiger partial charge in [0.05, 0.1) is 7.11 Å². The molecule has 0 unspecified atom stereocenters. The minimum atomic E-state index is 0.822. The number of methoxy groups -OCH3 is 1. The van der Waals surface area contributed by atoms with E-state index in [-0.39, 0.29) is 0 Å². The van der Waals surface area contributed by atoms with Gasteiger partial charge in [0.1, 0.15) is 5.75 Å². The van der Waals surface area contributed by atoms with Crippen molar-refractivity contribution in [3.05, 3.63) is 47.9 Å². The molecule has 1 aliphatic rings. The molecule has 0 amide bonds. The van der Waals surface area contributed by atoms with Gasteiger partial charge in [0.25, 0.3) is 0 Å². The maximum atomic E-state index is 5.66. The second-order valence-corrected chi connectivity index (χ2v) is 6.45. The van der Waals surface area contributed by atoms with Crippen LogP contribution in [0.1, 0.15) is 11.1 Å². The van der Waals surface area contributed by atoms with Crippen LogP contribution in [0.2, 0.25) is 0 Å². The fraction of sp³-hybridized carbons (Fsp3) is 0.368. The van der Waals surface area contributed by atoms with Gasteiger partial charge in [0.2, 0.25) is 5.95 Å². The van der Waals surface area contributed by atoms with Gasteiger partial charge in [-0.3, -0.25) is 4.90 Å². The first-order valence-electron chi connectivity index (χ1n) is 8.64. The third-order valence-electron chi connectivity index (χ3n) is 4.92. The van der Waals surface area contributed by atoms with Gasteiger partial charge in [0.15, 0.2) is 0 Å². The Labute approximate surface area is 147 Å². The molecule has 1 aliphatic heterocycles. The van der Waals surface area contributed by atoms with Crippen molar-refractivity contribution in [1.82, 2.24) is 19.9 Å². The molecule has 0 saturated carbocycles. The van der Waals surface area contributed by atoms with Gasteiger partial charge in [-0.15, -0.1) is 0 Å². The van der Waals surface area contributed by atoms with Crippen molar-refractivity contribution in [2.75, 3.05) is 38.2 Å². The molecule has 6 heteroatoms. The van der Waals surface area contributed by atoms with Crippen molar-refractivity contribution in [2.24, 2.45) is 0 Å². The normalized spacial score (nSPS) is 15.7. The molecular weight excluding hydrogens is 314 g/mol. The van der Waals surface area contributed by atoms with Crippen LogP contribution >= 0.6 is 0 Å². The first kappa shape index (κ1) is 15.9. The van der Waals surface area contributed by atoms with Crippen molar-refractivity contribution in [3.63, 3.8) is 0 Å². The summed E-state index contributed by atoms with van der Waals surface area (Å²) < 4.78 is 5.66. The summed E-state index contributed by atoms with van der Waals surface area (Å²) in [6, 6.07) is 6.13. The summed E-state index contributed by atoms with van der Waals surface area (Å²) in [4.78, 5) is 16.8. The topological polar surface area (TPSA) is 57.3 Å². The smallest absolute Gasteiger partial charge is 0.225 e. The maximum absolute atomic E-state index is 5.66. The van der Waals surface area contributed by atoms with Gasteiger partial charge in [-0.25, -0.2) is 9.97 Å². The Hall–Kier alpha value is -2.60. The number of nitrogens with zero attached hydrogens (tertiary/aromatic N) is 4. The number of aromatic nitrogens is 3. The molecule has 1 saturated heterocycles. The van der Waals surface area contributed by atoms with Crippen LogP contribution in [0.25, 0.3) is 10.9 Å². The highest BCUT2D eigenvalue weighted by atomic mass is 16.5. The molecule has 1 aromatic carbocycles. The number of aromatic amines is 1. The number of hydrogen-bond donors (Lipinski definition) is 1. The summed E-state index contributed by atoms with van der Waals surface area (Å²) in [5.74, 6) is 1.79. The van der Waals surface area contributed by atoms with E-state index in [0.717, 1.165) is 44.4 Å². The zero-order chi connectivity index (χ0) is 17.2. The monoisotopic (exact) mass is 337 g/mol. The minimum Gasteiger partial charge on any atom is -0.496 e. The maximum Gasteiger partial charge on any atom is 0.225 e. The number of anilines is 1. The average molecular weight is 337 g/mol. The summed E-state index contributed by atoms with van der Waals surface area (Å²) in [6.45, 7) is 6.86. The number of ether oxygens (including phenoxy) is 1. The van der Waals surface area contributed by atoms with E-state index < -0.39 is 0 Å². The molecule has 0 bridgehead atoms. The van der Waals surface area contributed by atoms with Crippen LogP contribution in [0.4, 0.5) is 5.95 Å². The van der Waals surface area contributed by atoms with Crippen molar-refractivity contribution in [2.45, 2.75) is 13.5 Å². The number of hydrogen-bond acceptors (Lipinski definition) is 5. The van der Waals surface area contributed by atoms with Crippen molar-refractivity contribution < 1.29 is 4.74 Å². The van der Waals surface area contributed by atoms with E-state index in [1.165, 1.54) is 22.0 Å². The second-order valence-electron chi connectivity index (χ2n) is 6.45. The predicted octanol–water partition coefficient (Wildman–Crippen LogP) is 2.60. The Morgan fingerprint density at radius 3 is 2.64 bits per heavy atom. The van der Waals surface area contributed by atoms with E-state index in [1.807, 2.05) is 12.3 Å². The largest absolute Gasteiger partial charge is 0.496 e. The van der Waals surface area contributed by atoms with Crippen LogP contribution < -0.4 is 9.64 Å². The first-order valence-corrected chi connectivity index (χ1v) is 8.64. The average Bonchev–Trinajstić information content (AvgIpc) is 3.16. The van der Waals surface area contributed by atoms with Gasteiger partial charge in [-0.2, -0.15) is 0 Å². The lowest BCUT2D eigenvalue weighted by atomic mass is 10.0. The summed E-state index contributed by atoms with van der Waals surface area (Å²) >= 11 is 0. The van der Waals surface area contributed by atoms with Crippen molar-refractivity contribution in [3.8, 4) is 5.75 Å². The Balaban J connectivity index is 1.51. The van der Waals surface area contributed by atoms with Gasteiger partial charge < -0.3 is 14.6 Å². The van der Waals surface area contributed by atoms with E-state index >= 15 is 0 Å². The molecule has 1 N–H and O–H groups in total. The lowest BCUT2D eigenvalue weighted by Crippen LogP contribution is -2.46. The Kier molecular flexibility index (Phi) is 4.28. The molecular formula is C19H23N5O. The minimum absolute atomic E-state index is 0.822. The summed E-state index contributed by atoms with van der Waals surface area (Å²) in [6.07, 6.45) is 5.61. The van der Waals surface area contributed by atoms with E-state index in [9.17, 15) is 0 Å². The Morgan fingerprint density at radius 1 is 1.16 bits per heavy atom. The van der Waals surface area contributed by atoms with Gasteiger partial charge in [0, 0.05) is 67.8 Å². The third-order valence-corrected chi connectivity index (χ3v) is 4.92. The van der Waals surface area contributed by atoms with Gasteiger partial charge in [-0.05, 0) is 30.7 Å². The van der Waals surface area contributed by atoms with Crippen LogP contribution in [0.15, 0.2) is 36.8 Å². The van der Waals surface area contributed by atoms with Crippen molar-refractivity contribution in [1.29, 1.82) is 0 Å². The number of H-pyrrole nitrogens is 1. The van der Waals surface area contributed by atoms with E-state index in [2.05, 4.69) is 43.8 Å². The predicted molar refractivity (Wildman–Crippen MR) is 99.1 cm³/mol. The number of rotatable bonds is 4. The second kappa shape index (κ2) is 6.72. The highest BCUT2D eigenvalue weighted by Crippen LogP contribution is 2.31. The molecule has 0 atom stereocenters. The molecule has 6 nitrogen and oxygen atoms in total. The lowest BCUT2D eigenvalue weighted by Gasteiger charge is -2.35. The molecule has 3 heterocycles. The quantitative estimate of drug-likeness (QED) is 0.793. The number of fused-ring (bicyclic) bond motifs is 1. The SMILES string of the molecule is COc1cc(C)c2[nH]ccc2c1CN1CCN(c2ncccn2)CC1. The van der Waals surface area contributed by atoms with E-state index in [4.69, 9.17) is 4.74 Å². The summed E-state index contributed by atoms with van der Waals surface area (Å²) in [5.41, 5.74) is 3.67. The molecule has 2 aromatic heterocycles. The molecule has 130 valence electrons. The molecule has 0 aliphatic carbocycles. The lowest BCUT2D eigenvalue weighted by molar-refractivity contribution is 0.246. The number of benzene rings is 1. The molecule has 0 radical (unpaired) electrons. The molecule has 4 rings (SSSR count). The molecule has 3 aromatic rings. The number of piperazine rings is 1. The molecule has 0 spiro atoms. The highest BCUT2D eigenvalue weighted by molar-refractivity contribution is 5.88. The molecule has 1 fully saturated rings. The fourth-order valence-electron chi connectivity index (χ4n) is 3.57. The Bertz CT molecular complexity index is 853. The van der Waals surface area contributed by atoms with Crippen LogP contribution in [0, 0.1) is 6.92 Å². The third kappa shape index (κ3) is 3.05. The van der Waals surface area contributed by atoms with Crippen LogP contribution in [0.5, 0.6) is 5.75 Å². The van der Waals surface area contributed by atoms with Crippen LogP contribution in [-0.2, 0) is 6.54 Å². The number of aryl methyl sites for hydroxylation is 1. The fourth-order valence-corrected chi connectivity index (χ4v) is 3.57. The van der Waals surface area contributed by atoms with Gasteiger partial charge in [-0.1, -0.05) is 0 Å². The highest BCUT2D eigenvalue weighted by Gasteiger charge is 2.21. The zero-order valence-electron chi connectivity index (χ0n) is 14.7. The van der Waals surface area contributed by atoms with E-state index in [0.29, 0.717) is 0 Å². The number of nitrogens with one attached hydrogen (secondary N) is 1. The molecule has 25 heavy (non-hydrogen) atoms. The standard InChI is InChI=1S/C19H23N5O/c1-14-12-17(25-2)16(15-4-7-20-18(14)15)13-23-8-10-24(11-9-23)19-21-5-3-6-22-19/h3-7,12,20H,8-11,13H2,1-2H3. The zero-order valence-corrected chi connectivity index (χ0v) is 14.7.